The Balaban J connectivity index is 3.22. The van der Waals surface area contributed by atoms with Crippen LogP contribution in [0.4, 0.5) is 0 Å². The van der Waals surface area contributed by atoms with Gasteiger partial charge < -0.3 is 4.55 Å². The van der Waals surface area contributed by atoms with E-state index in [9.17, 15) is 4.21 Å². The first kappa shape index (κ1) is 9.21. The van der Waals surface area contributed by atoms with Gasteiger partial charge in [0.15, 0.2) is 5.82 Å². The van der Waals surface area contributed by atoms with Crippen LogP contribution in [0.15, 0.2) is 0 Å². The molecule has 1 aromatic heterocycles. The van der Waals surface area contributed by atoms with Crippen molar-refractivity contribution in [2.75, 3.05) is 6.26 Å². The van der Waals surface area contributed by atoms with Crippen molar-refractivity contribution in [1.82, 2.24) is 14.8 Å². The monoisotopic (exact) mass is 189 g/mol. The highest BCUT2D eigenvalue weighted by Gasteiger charge is 2.02. The van der Waals surface area contributed by atoms with Crippen molar-refractivity contribution in [3.05, 3.63) is 11.6 Å². The van der Waals surface area contributed by atoms with E-state index in [0.717, 1.165) is 0 Å². The summed E-state index contributed by atoms with van der Waals surface area (Å²) in [6, 6.07) is 0. The van der Waals surface area contributed by atoms with E-state index in [-0.39, 0.29) is 0 Å². The van der Waals surface area contributed by atoms with Gasteiger partial charge in [0, 0.05) is 13.3 Å². The topological polar surface area (TPSA) is 68.0 Å². The molecule has 5 nitrogen and oxygen atoms in total. The van der Waals surface area contributed by atoms with E-state index in [1.807, 2.05) is 0 Å². The molecule has 0 saturated heterocycles. The number of aryl methyl sites for hydroxylation is 2. The maximum absolute atomic E-state index is 10.9. The molecule has 6 heteroatoms. The fourth-order valence-corrected chi connectivity index (χ4v) is 1.42. The zero-order chi connectivity index (χ0) is 9.35. The van der Waals surface area contributed by atoms with Crippen LogP contribution in [0.3, 0.4) is 0 Å². The van der Waals surface area contributed by atoms with E-state index in [1.54, 1.807) is 14.0 Å². The highest BCUT2D eigenvalue weighted by molar-refractivity contribution is 7.95. The predicted molar refractivity (Wildman–Crippen MR) is 47.6 cm³/mol. The molecule has 0 bridgehead atoms. The molecule has 1 heterocycles. The highest BCUT2D eigenvalue weighted by Crippen LogP contribution is 1.92. The number of nitrogens with zero attached hydrogens (tertiary/aromatic N) is 3. The molecule has 1 N–H and O–H groups in total. The van der Waals surface area contributed by atoms with Crippen molar-refractivity contribution in [2.24, 2.45) is 7.05 Å². The summed E-state index contributed by atoms with van der Waals surface area (Å²) in [5.41, 5.74) is 0. The van der Waals surface area contributed by atoms with Gasteiger partial charge in [0.05, 0.1) is 15.2 Å². The third-order valence-electron chi connectivity index (χ3n) is 1.23. The molecular weight excluding hydrogens is 178 g/mol. The minimum absolute atomic E-state index is 0.419. The number of hydrogen-bond donors (Lipinski definition) is 1. The number of hydrogen-bond acceptors (Lipinski definition) is 3. The Morgan fingerprint density at radius 2 is 2.25 bits per heavy atom. The largest absolute Gasteiger partial charge is 0.313 e. The third-order valence-corrected chi connectivity index (χ3v) is 1.87. The Morgan fingerprint density at radius 1 is 1.67 bits per heavy atom. The fourth-order valence-electron chi connectivity index (χ4n) is 0.827. The Labute approximate surface area is 71.3 Å². The number of aromatic nitrogens is 3. The summed E-state index contributed by atoms with van der Waals surface area (Å²) >= 11 is 0. The van der Waals surface area contributed by atoms with Crippen LogP contribution in [0.5, 0.6) is 0 Å². The highest BCUT2D eigenvalue weighted by atomic mass is 32.2. The summed E-state index contributed by atoms with van der Waals surface area (Å²) in [6.45, 7) is 1.73. The zero-order valence-electron chi connectivity index (χ0n) is 7.18. The normalized spacial score (nSPS) is 15.7. The Kier molecular flexibility index (Phi) is 2.20. The number of rotatable bonds is 1. The average Bonchev–Trinajstić information content (AvgIpc) is 2.06. The van der Waals surface area contributed by atoms with Crippen LogP contribution in [0.2, 0.25) is 0 Å². The summed E-state index contributed by atoms with van der Waals surface area (Å²) in [5, 5.41) is 5.13. The van der Waals surface area contributed by atoms with Crippen LogP contribution < -0.4 is 0 Å². The second-order valence-corrected chi connectivity index (χ2v) is 4.58. The Morgan fingerprint density at radius 3 is 2.58 bits per heavy atom. The first-order valence-electron chi connectivity index (χ1n) is 3.32. The minimum Gasteiger partial charge on any atom is -0.313 e. The molecule has 0 aliphatic heterocycles. The summed E-state index contributed by atoms with van der Waals surface area (Å²) in [5.74, 6) is 1.01. The molecule has 0 saturated carbocycles. The molecule has 0 amide bonds. The maximum Gasteiger partial charge on any atom is 0.161 e. The zero-order valence-corrected chi connectivity index (χ0v) is 8.00. The van der Waals surface area contributed by atoms with Gasteiger partial charge in [-0.2, -0.15) is 5.10 Å². The second-order valence-electron chi connectivity index (χ2n) is 2.62. The van der Waals surface area contributed by atoms with Crippen LogP contribution in [-0.4, -0.2) is 35.1 Å². The van der Waals surface area contributed by atoms with Crippen molar-refractivity contribution >= 4 is 15.2 Å². The second kappa shape index (κ2) is 2.87. The van der Waals surface area contributed by atoms with Gasteiger partial charge in [-0.3, -0.25) is 0 Å². The first-order chi connectivity index (χ1) is 5.38. The van der Waals surface area contributed by atoms with Crippen molar-refractivity contribution in [2.45, 2.75) is 6.92 Å². The van der Waals surface area contributed by atoms with Crippen LogP contribution >= 0.6 is 0 Å². The molecule has 0 aromatic carbocycles. The quantitative estimate of drug-likeness (QED) is 0.614. The first-order valence-corrected chi connectivity index (χ1v) is 5.31. The standard InChI is InChI=1S/C6H11N3O2S/c1-5-7-6(9(2)8-5)4-12(3,10)11/h4H,1-3H3,(H,10,11). The molecule has 0 radical (unpaired) electrons. The van der Waals surface area contributed by atoms with E-state index < -0.39 is 9.80 Å². The lowest BCUT2D eigenvalue weighted by Crippen LogP contribution is -2.05. The van der Waals surface area contributed by atoms with Crippen LogP contribution in [-0.2, 0) is 16.9 Å². The predicted octanol–water partition coefficient (Wildman–Crippen LogP) is -0.339. The molecule has 68 valence electrons. The van der Waals surface area contributed by atoms with Crippen LogP contribution in [0, 0.1) is 6.92 Å². The molecule has 0 fully saturated rings. The van der Waals surface area contributed by atoms with Crippen molar-refractivity contribution in [3.63, 3.8) is 0 Å². The summed E-state index contributed by atoms with van der Waals surface area (Å²) in [4.78, 5) is 3.95. The van der Waals surface area contributed by atoms with E-state index in [4.69, 9.17) is 4.55 Å². The Hall–Kier alpha value is -0.880. The van der Waals surface area contributed by atoms with Gasteiger partial charge in [-0.1, -0.05) is 0 Å². The van der Waals surface area contributed by atoms with Gasteiger partial charge in [-0.15, -0.1) is 0 Å². The van der Waals surface area contributed by atoms with Gasteiger partial charge in [-0.25, -0.2) is 13.9 Å². The van der Waals surface area contributed by atoms with Gasteiger partial charge >= 0.3 is 0 Å². The SMILES string of the molecule is Cc1nc(C=S(C)(=O)O)n(C)n1. The molecule has 0 aliphatic carbocycles. The van der Waals surface area contributed by atoms with Crippen LogP contribution in [0.1, 0.15) is 11.6 Å². The lowest BCUT2D eigenvalue weighted by Gasteiger charge is -1.93. The lowest BCUT2D eigenvalue weighted by atomic mass is 10.7. The molecule has 0 spiro atoms. The summed E-state index contributed by atoms with van der Waals surface area (Å²) in [7, 11) is -1.21. The third kappa shape index (κ3) is 2.31. The van der Waals surface area contributed by atoms with Gasteiger partial charge in [0.1, 0.15) is 5.82 Å². The van der Waals surface area contributed by atoms with Gasteiger partial charge in [-0.05, 0) is 6.92 Å². The molecule has 1 aromatic rings. The van der Waals surface area contributed by atoms with Crippen LogP contribution in [0.25, 0.3) is 0 Å². The minimum atomic E-state index is -2.88. The molecular formula is C6H11N3O2S. The van der Waals surface area contributed by atoms with E-state index in [1.165, 1.54) is 16.3 Å². The molecule has 1 unspecified atom stereocenters. The molecule has 1 rings (SSSR count). The van der Waals surface area contributed by atoms with Gasteiger partial charge in [0.2, 0.25) is 0 Å². The maximum atomic E-state index is 10.9. The van der Waals surface area contributed by atoms with Crippen molar-refractivity contribution in [3.8, 4) is 0 Å². The fraction of sp³-hybridized carbons (Fsp3) is 0.500. The van der Waals surface area contributed by atoms with Gasteiger partial charge in [0.25, 0.3) is 0 Å². The molecule has 0 aliphatic rings. The van der Waals surface area contributed by atoms with E-state index in [2.05, 4.69) is 10.1 Å². The lowest BCUT2D eigenvalue weighted by molar-refractivity contribution is 0.566. The summed E-state index contributed by atoms with van der Waals surface area (Å²) in [6.07, 6.45) is 1.23. The average molecular weight is 189 g/mol. The Bertz CT molecular complexity index is 393. The molecule has 12 heavy (non-hydrogen) atoms. The molecule has 1 atom stereocenters. The smallest absolute Gasteiger partial charge is 0.161 e. The van der Waals surface area contributed by atoms with Crippen molar-refractivity contribution in [1.29, 1.82) is 0 Å². The van der Waals surface area contributed by atoms with E-state index in [0.29, 0.717) is 11.6 Å². The van der Waals surface area contributed by atoms with E-state index >= 15 is 0 Å². The summed E-state index contributed by atoms with van der Waals surface area (Å²) < 4.78 is 21.4. The van der Waals surface area contributed by atoms with Crippen molar-refractivity contribution < 1.29 is 8.76 Å².